The minimum absolute atomic E-state index is 0.0864. The Bertz CT molecular complexity index is 1320. The SMILES string of the molecule is CC(C)(O)C#Cc1ccc2c(c1)NC(=O)C(NC(=O)c1cc(Oc3ccc(F)cc3)ccn1)CC2. The molecule has 1 unspecified atom stereocenters. The molecule has 3 aromatic rings. The van der Waals surface area contributed by atoms with Crippen LogP contribution in [-0.2, 0) is 11.2 Å². The summed E-state index contributed by atoms with van der Waals surface area (Å²) in [6.45, 7) is 3.19. The number of nitrogens with one attached hydrogen (secondary N) is 2. The van der Waals surface area contributed by atoms with Gasteiger partial charge in [-0.05, 0) is 74.7 Å². The summed E-state index contributed by atoms with van der Waals surface area (Å²) in [5, 5.41) is 15.4. The number of aliphatic hydroxyl groups is 1. The molecule has 1 aliphatic heterocycles. The highest BCUT2D eigenvalue weighted by molar-refractivity contribution is 6.01. The fraction of sp³-hybridized carbons (Fsp3) is 0.222. The zero-order valence-corrected chi connectivity index (χ0v) is 19.3. The first-order chi connectivity index (χ1) is 16.7. The lowest BCUT2D eigenvalue weighted by atomic mass is 10.0. The third-order valence-electron chi connectivity index (χ3n) is 5.22. The van der Waals surface area contributed by atoms with Gasteiger partial charge in [0.05, 0.1) is 0 Å². The Balaban J connectivity index is 1.44. The Kier molecular flexibility index (Phi) is 6.80. The number of halogens is 1. The molecule has 0 aliphatic carbocycles. The summed E-state index contributed by atoms with van der Waals surface area (Å²) in [6, 6.07) is 13.2. The highest BCUT2D eigenvalue weighted by atomic mass is 19.1. The second-order valence-electron chi connectivity index (χ2n) is 8.67. The fourth-order valence-electron chi connectivity index (χ4n) is 3.47. The molecular weight excluding hydrogens is 449 g/mol. The number of rotatable bonds is 4. The summed E-state index contributed by atoms with van der Waals surface area (Å²) in [5.41, 5.74) is 1.18. The van der Waals surface area contributed by atoms with Crippen molar-refractivity contribution >= 4 is 17.5 Å². The number of amides is 2. The lowest BCUT2D eigenvalue weighted by molar-refractivity contribution is -0.118. The summed E-state index contributed by atoms with van der Waals surface area (Å²) in [5.74, 6) is 5.18. The van der Waals surface area contributed by atoms with Crippen molar-refractivity contribution in [3.05, 3.63) is 83.4 Å². The summed E-state index contributed by atoms with van der Waals surface area (Å²) in [7, 11) is 0. The second-order valence-corrected chi connectivity index (χ2v) is 8.67. The van der Waals surface area contributed by atoms with Crippen molar-refractivity contribution in [1.82, 2.24) is 10.3 Å². The van der Waals surface area contributed by atoms with Crippen LogP contribution in [0.15, 0.2) is 60.8 Å². The zero-order chi connectivity index (χ0) is 25.0. The van der Waals surface area contributed by atoms with E-state index in [0.29, 0.717) is 35.6 Å². The van der Waals surface area contributed by atoms with Crippen molar-refractivity contribution in [2.75, 3.05) is 5.32 Å². The van der Waals surface area contributed by atoms with E-state index in [2.05, 4.69) is 27.5 Å². The average molecular weight is 474 g/mol. The number of nitrogens with zero attached hydrogens (tertiary/aromatic N) is 1. The van der Waals surface area contributed by atoms with Gasteiger partial charge in [-0.3, -0.25) is 14.6 Å². The highest BCUT2D eigenvalue weighted by Crippen LogP contribution is 2.24. The third kappa shape index (κ3) is 6.43. The lowest BCUT2D eigenvalue weighted by Gasteiger charge is -2.15. The molecular formula is C27H24FN3O4. The number of pyridine rings is 1. The number of benzene rings is 2. The van der Waals surface area contributed by atoms with Crippen LogP contribution in [-0.4, -0.2) is 33.5 Å². The predicted octanol–water partition coefficient (Wildman–Crippen LogP) is 3.82. The molecule has 1 aliphatic rings. The van der Waals surface area contributed by atoms with Gasteiger partial charge in [0, 0.05) is 23.5 Å². The first-order valence-electron chi connectivity index (χ1n) is 11.1. The smallest absolute Gasteiger partial charge is 0.270 e. The van der Waals surface area contributed by atoms with Gasteiger partial charge in [0.25, 0.3) is 5.91 Å². The standard InChI is InChI=1S/C27H24FN3O4/c1-27(2,34)13-11-17-3-4-18-5-10-22(25(32)31-23(18)15-17)30-26(33)24-16-21(12-14-29-24)35-20-8-6-19(28)7-9-20/h3-4,6-9,12,14-16,22,34H,5,10H2,1-2H3,(H,30,33)(H,31,32). The van der Waals surface area contributed by atoms with Crippen LogP contribution >= 0.6 is 0 Å². The van der Waals surface area contributed by atoms with Crippen molar-refractivity contribution in [3.63, 3.8) is 0 Å². The van der Waals surface area contributed by atoms with E-state index in [1.54, 1.807) is 26.0 Å². The molecule has 0 saturated heterocycles. The quantitative estimate of drug-likeness (QED) is 0.500. The minimum Gasteiger partial charge on any atom is -0.457 e. The highest BCUT2D eigenvalue weighted by Gasteiger charge is 2.26. The summed E-state index contributed by atoms with van der Waals surface area (Å²) in [6.07, 6.45) is 2.40. The maximum atomic E-state index is 13.1. The van der Waals surface area contributed by atoms with Gasteiger partial charge in [-0.2, -0.15) is 0 Å². The second kappa shape index (κ2) is 9.95. The predicted molar refractivity (Wildman–Crippen MR) is 129 cm³/mol. The number of carbonyl (C=O) groups is 2. The number of anilines is 1. The molecule has 8 heteroatoms. The maximum Gasteiger partial charge on any atom is 0.270 e. The molecule has 1 atom stereocenters. The van der Waals surface area contributed by atoms with E-state index in [9.17, 15) is 19.1 Å². The van der Waals surface area contributed by atoms with Crippen LogP contribution in [0.4, 0.5) is 10.1 Å². The van der Waals surface area contributed by atoms with Crippen LogP contribution in [0.25, 0.3) is 0 Å². The molecule has 3 N–H and O–H groups in total. The van der Waals surface area contributed by atoms with Gasteiger partial charge in [-0.15, -0.1) is 0 Å². The van der Waals surface area contributed by atoms with Crippen LogP contribution in [0.2, 0.25) is 0 Å². The first-order valence-corrected chi connectivity index (χ1v) is 11.1. The van der Waals surface area contributed by atoms with Crippen LogP contribution < -0.4 is 15.4 Å². The number of fused-ring (bicyclic) bond motifs is 1. The van der Waals surface area contributed by atoms with Gasteiger partial charge in [0.1, 0.15) is 34.7 Å². The third-order valence-corrected chi connectivity index (χ3v) is 5.22. The summed E-state index contributed by atoms with van der Waals surface area (Å²) >= 11 is 0. The molecule has 0 spiro atoms. The number of aryl methyl sites for hydroxylation is 1. The van der Waals surface area contributed by atoms with Gasteiger partial charge in [-0.25, -0.2) is 4.39 Å². The van der Waals surface area contributed by atoms with Crippen LogP contribution in [0, 0.1) is 17.7 Å². The summed E-state index contributed by atoms with van der Waals surface area (Å²) in [4.78, 5) is 29.7. The largest absolute Gasteiger partial charge is 0.457 e. The molecule has 178 valence electrons. The van der Waals surface area contributed by atoms with Crippen LogP contribution in [0.1, 0.15) is 41.9 Å². The molecule has 35 heavy (non-hydrogen) atoms. The van der Waals surface area contributed by atoms with E-state index in [1.807, 2.05) is 12.1 Å². The van der Waals surface area contributed by atoms with Crippen molar-refractivity contribution in [2.45, 2.75) is 38.3 Å². The fourth-order valence-corrected chi connectivity index (χ4v) is 3.47. The van der Waals surface area contributed by atoms with E-state index in [4.69, 9.17) is 4.74 Å². The molecule has 2 heterocycles. The Morgan fingerprint density at radius 3 is 2.69 bits per heavy atom. The molecule has 2 amide bonds. The summed E-state index contributed by atoms with van der Waals surface area (Å²) < 4.78 is 18.8. The van der Waals surface area contributed by atoms with Gasteiger partial charge < -0.3 is 20.5 Å². The molecule has 0 bridgehead atoms. The maximum absolute atomic E-state index is 13.1. The monoisotopic (exact) mass is 473 g/mol. The van der Waals surface area contributed by atoms with Crippen LogP contribution in [0.3, 0.4) is 0 Å². The number of ether oxygens (including phenoxy) is 1. The topological polar surface area (TPSA) is 101 Å². The minimum atomic E-state index is -1.12. The molecule has 1 aromatic heterocycles. The van der Waals surface area contributed by atoms with Crippen molar-refractivity contribution < 1.29 is 23.8 Å². The van der Waals surface area contributed by atoms with E-state index in [-0.39, 0.29) is 17.4 Å². The number of hydrogen-bond donors (Lipinski definition) is 3. The van der Waals surface area contributed by atoms with Gasteiger partial charge in [0.15, 0.2) is 0 Å². The molecule has 2 aromatic carbocycles. The van der Waals surface area contributed by atoms with Gasteiger partial charge in [0.2, 0.25) is 5.91 Å². The van der Waals surface area contributed by atoms with E-state index in [0.717, 1.165) is 5.56 Å². The number of hydrogen-bond acceptors (Lipinski definition) is 5. The van der Waals surface area contributed by atoms with Crippen molar-refractivity contribution in [1.29, 1.82) is 0 Å². The number of aromatic nitrogens is 1. The molecule has 7 nitrogen and oxygen atoms in total. The van der Waals surface area contributed by atoms with Crippen molar-refractivity contribution in [3.8, 4) is 23.3 Å². The van der Waals surface area contributed by atoms with Gasteiger partial charge in [-0.1, -0.05) is 17.9 Å². The average Bonchev–Trinajstić information content (AvgIpc) is 2.97. The Morgan fingerprint density at radius 1 is 1.17 bits per heavy atom. The van der Waals surface area contributed by atoms with E-state index < -0.39 is 17.6 Å². The normalized spacial score (nSPS) is 15.1. The van der Waals surface area contributed by atoms with E-state index >= 15 is 0 Å². The van der Waals surface area contributed by atoms with E-state index in [1.165, 1.54) is 36.5 Å². The van der Waals surface area contributed by atoms with Crippen LogP contribution in [0.5, 0.6) is 11.5 Å². The molecule has 0 fully saturated rings. The Labute approximate surface area is 202 Å². The Morgan fingerprint density at radius 2 is 1.94 bits per heavy atom. The Hall–Kier alpha value is -4.22. The van der Waals surface area contributed by atoms with Crippen molar-refractivity contribution in [2.24, 2.45) is 0 Å². The molecule has 0 saturated carbocycles. The number of carbonyl (C=O) groups excluding carboxylic acids is 2. The van der Waals surface area contributed by atoms with Gasteiger partial charge >= 0.3 is 0 Å². The lowest BCUT2D eigenvalue weighted by Crippen LogP contribution is -2.43. The molecule has 0 radical (unpaired) electrons. The zero-order valence-electron chi connectivity index (χ0n) is 19.3. The molecule has 4 rings (SSSR count). The first kappa shape index (κ1) is 23.9.